The summed E-state index contributed by atoms with van der Waals surface area (Å²) in [6.45, 7) is 5.94. The number of piperidine rings is 1. The second-order valence-corrected chi connectivity index (χ2v) is 6.27. The summed E-state index contributed by atoms with van der Waals surface area (Å²) in [4.78, 5) is 14.4. The molecule has 124 valence electrons. The van der Waals surface area contributed by atoms with Gasteiger partial charge in [-0.25, -0.2) is 0 Å². The lowest BCUT2D eigenvalue weighted by Gasteiger charge is -2.34. The first kappa shape index (κ1) is 19.0. The van der Waals surface area contributed by atoms with E-state index in [9.17, 15) is 4.79 Å². The number of amides is 1. The summed E-state index contributed by atoms with van der Waals surface area (Å²) in [6, 6.07) is 8.79. The van der Waals surface area contributed by atoms with Gasteiger partial charge in [-0.05, 0) is 49.7 Å². The Labute approximate surface area is 140 Å². The predicted octanol–water partition coefficient (Wildman–Crippen LogP) is 3.19. The number of nitrogens with zero attached hydrogens (tertiary/aromatic N) is 1. The van der Waals surface area contributed by atoms with E-state index in [0.29, 0.717) is 12.3 Å². The van der Waals surface area contributed by atoms with Crippen LogP contribution in [0.15, 0.2) is 24.3 Å². The van der Waals surface area contributed by atoms with Gasteiger partial charge in [-0.3, -0.25) is 4.79 Å². The number of likely N-dealkylation sites (tertiary alicyclic amines) is 1. The maximum atomic E-state index is 12.3. The zero-order valence-corrected chi connectivity index (χ0v) is 14.6. The van der Waals surface area contributed by atoms with Crippen molar-refractivity contribution in [2.45, 2.75) is 52.0 Å². The first-order chi connectivity index (χ1) is 10.1. The Hall–Kier alpha value is -1.06. The van der Waals surface area contributed by atoms with Crippen molar-refractivity contribution in [1.29, 1.82) is 0 Å². The molecule has 1 aromatic carbocycles. The van der Waals surface area contributed by atoms with Gasteiger partial charge in [0.2, 0.25) is 5.91 Å². The van der Waals surface area contributed by atoms with Crippen molar-refractivity contribution in [3.05, 3.63) is 35.4 Å². The molecule has 1 saturated heterocycles. The third-order valence-corrected chi connectivity index (χ3v) is 4.61. The fraction of sp³-hybridized carbons (Fsp3) is 0.611. The van der Waals surface area contributed by atoms with Crippen LogP contribution < -0.4 is 5.73 Å². The lowest BCUT2D eigenvalue weighted by atomic mass is 9.92. The molecule has 1 heterocycles. The largest absolute Gasteiger partial charge is 0.342 e. The Balaban J connectivity index is 0.00000242. The number of rotatable bonds is 5. The second kappa shape index (κ2) is 9.16. The summed E-state index contributed by atoms with van der Waals surface area (Å²) < 4.78 is 0. The third kappa shape index (κ3) is 5.29. The highest BCUT2D eigenvalue weighted by molar-refractivity contribution is 5.85. The van der Waals surface area contributed by atoms with Gasteiger partial charge in [-0.1, -0.05) is 31.2 Å². The van der Waals surface area contributed by atoms with Gasteiger partial charge in [0.25, 0.3) is 0 Å². The molecule has 0 aromatic heterocycles. The summed E-state index contributed by atoms with van der Waals surface area (Å²) in [7, 11) is 0. The van der Waals surface area contributed by atoms with Gasteiger partial charge in [0.1, 0.15) is 0 Å². The highest BCUT2D eigenvalue weighted by atomic mass is 35.5. The Morgan fingerprint density at radius 2 is 1.95 bits per heavy atom. The first-order valence-corrected chi connectivity index (χ1v) is 8.21. The van der Waals surface area contributed by atoms with Gasteiger partial charge < -0.3 is 10.6 Å². The lowest BCUT2D eigenvalue weighted by Crippen LogP contribution is -2.45. The average Bonchev–Trinajstić information content (AvgIpc) is 2.53. The molecule has 0 spiro atoms. The molecular formula is C18H29ClN2O. The van der Waals surface area contributed by atoms with Crippen LogP contribution in [0.4, 0.5) is 0 Å². The van der Waals surface area contributed by atoms with Crippen molar-refractivity contribution in [3.8, 4) is 0 Å². The molecule has 0 saturated carbocycles. The molecule has 1 fully saturated rings. The maximum absolute atomic E-state index is 12.3. The van der Waals surface area contributed by atoms with Crippen LogP contribution in [-0.4, -0.2) is 29.9 Å². The molecule has 1 aliphatic heterocycles. The molecule has 2 unspecified atom stereocenters. The Bertz CT molecular complexity index is 459. The van der Waals surface area contributed by atoms with Gasteiger partial charge in [-0.2, -0.15) is 0 Å². The normalized spacial score (nSPS) is 19.4. The molecule has 3 nitrogen and oxygen atoms in total. The van der Waals surface area contributed by atoms with Gasteiger partial charge >= 0.3 is 0 Å². The number of halogens is 1. The van der Waals surface area contributed by atoms with Gasteiger partial charge in [0.05, 0.1) is 0 Å². The molecule has 2 rings (SSSR count). The minimum absolute atomic E-state index is 0. The molecular weight excluding hydrogens is 296 g/mol. The minimum atomic E-state index is 0. The van der Waals surface area contributed by atoms with Crippen LogP contribution in [0.1, 0.15) is 44.2 Å². The molecule has 0 bridgehead atoms. The summed E-state index contributed by atoms with van der Waals surface area (Å²) in [6.07, 6.45) is 4.74. The van der Waals surface area contributed by atoms with Crippen molar-refractivity contribution in [1.82, 2.24) is 4.90 Å². The summed E-state index contributed by atoms with van der Waals surface area (Å²) >= 11 is 0. The Morgan fingerprint density at radius 1 is 1.32 bits per heavy atom. The number of hydrogen-bond donors (Lipinski definition) is 1. The zero-order chi connectivity index (χ0) is 15.2. The highest BCUT2D eigenvalue weighted by Gasteiger charge is 2.25. The van der Waals surface area contributed by atoms with Crippen LogP contribution in [-0.2, 0) is 17.6 Å². The number of hydrogen-bond acceptors (Lipinski definition) is 2. The van der Waals surface area contributed by atoms with Crippen molar-refractivity contribution < 1.29 is 4.79 Å². The first-order valence-electron chi connectivity index (χ1n) is 8.21. The number of aryl methyl sites for hydroxylation is 2. The SMILES string of the molecule is CCc1ccc(CCC(=O)N2CCCC(C(C)N)C2)cc1.Cl. The fourth-order valence-corrected chi connectivity index (χ4v) is 3.02. The van der Waals surface area contributed by atoms with Gasteiger partial charge in [0, 0.05) is 25.6 Å². The molecule has 0 radical (unpaired) electrons. The minimum Gasteiger partial charge on any atom is -0.342 e. The third-order valence-electron chi connectivity index (χ3n) is 4.61. The number of carbonyl (C=O) groups excluding carboxylic acids is 1. The summed E-state index contributed by atoms with van der Waals surface area (Å²) in [5.74, 6) is 0.742. The van der Waals surface area contributed by atoms with Crippen molar-refractivity contribution >= 4 is 18.3 Å². The quantitative estimate of drug-likeness (QED) is 0.904. The van der Waals surface area contributed by atoms with E-state index < -0.39 is 0 Å². The van der Waals surface area contributed by atoms with Crippen LogP contribution in [0.3, 0.4) is 0 Å². The average molecular weight is 325 g/mol. The van der Waals surface area contributed by atoms with Crippen LogP contribution in [0.2, 0.25) is 0 Å². The van der Waals surface area contributed by atoms with Crippen molar-refractivity contribution in [3.63, 3.8) is 0 Å². The van der Waals surface area contributed by atoms with E-state index in [-0.39, 0.29) is 24.4 Å². The molecule has 4 heteroatoms. The van der Waals surface area contributed by atoms with E-state index >= 15 is 0 Å². The van der Waals surface area contributed by atoms with E-state index in [0.717, 1.165) is 38.8 Å². The topological polar surface area (TPSA) is 46.3 Å². The maximum Gasteiger partial charge on any atom is 0.222 e. The predicted molar refractivity (Wildman–Crippen MR) is 94.3 cm³/mol. The van der Waals surface area contributed by atoms with Crippen LogP contribution in [0.25, 0.3) is 0 Å². The van der Waals surface area contributed by atoms with E-state index in [4.69, 9.17) is 5.73 Å². The standard InChI is InChI=1S/C18H28N2O.ClH/c1-3-15-6-8-16(9-7-15)10-11-18(21)20-12-4-5-17(13-20)14(2)19;/h6-9,14,17H,3-5,10-13,19H2,1-2H3;1H. The lowest BCUT2D eigenvalue weighted by molar-refractivity contribution is -0.133. The van der Waals surface area contributed by atoms with Gasteiger partial charge in [0.15, 0.2) is 0 Å². The molecule has 22 heavy (non-hydrogen) atoms. The van der Waals surface area contributed by atoms with Crippen molar-refractivity contribution in [2.75, 3.05) is 13.1 Å². The fourth-order valence-electron chi connectivity index (χ4n) is 3.02. The van der Waals surface area contributed by atoms with E-state index in [1.54, 1.807) is 0 Å². The van der Waals surface area contributed by atoms with E-state index in [1.165, 1.54) is 11.1 Å². The molecule has 0 aliphatic carbocycles. The molecule has 2 N–H and O–H groups in total. The second-order valence-electron chi connectivity index (χ2n) is 6.27. The van der Waals surface area contributed by atoms with E-state index in [2.05, 4.69) is 31.2 Å². The smallest absolute Gasteiger partial charge is 0.222 e. The van der Waals surface area contributed by atoms with Gasteiger partial charge in [-0.15, -0.1) is 12.4 Å². The van der Waals surface area contributed by atoms with Crippen LogP contribution in [0, 0.1) is 5.92 Å². The molecule has 2 atom stereocenters. The van der Waals surface area contributed by atoms with E-state index in [1.807, 2.05) is 11.8 Å². The highest BCUT2D eigenvalue weighted by Crippen LogP contribution is 2.19. The van der Waals surface area contributed by atoms with Crippen LogP contribution in [0.5, 0.6) is 0 Å². The number of carbonyl (C=O) groups is 1. The number of benzene rings is 1. The van der Waals surface area contributed by atoms with Crippen molar-refractivity contribution in [2.24, 2.45) is 11.7 Å². The Kier molecular flexibility index (Phi) is 7.91. The summed E-state index contributed by atoms with van der Waals surface area (Å²) in [5.41, 5.74) is 8.58. The summed E-state index contributed by atoms with van der Waals surface area (Å²) in [5, 5.41) is 0. The van der Waals surface area contributed by atoms with Crippen LogP contribution >= 0.6 is 12.4 Å². The Morgan fingerprint density at radius 3 is 2.55 bits per heavy atom. The molecule has 1 aliphatic rings. The zero-order valence-electron chi connectivity index (χ0n) is 13.8. The number of nitrogens with two attached hydrogens (primary N) is 1. The molecule has 1 aromatic rings. The monoisotopic (exact) mass is 324 g/mol. The molecule has 1 amide bonds.